The average Bonchev–Trinajstić information content (AvgIpc) is 2.01. The minimum absolute atomic E-state index is 0. The Hall–Kier alpha value is 3.19. The molecule has 0 amide bonds. The smallest absolute Gasteiger partial charge is 0.854 e. The van der Waals surface area contributed by atoms with Gasteiger partial charge in [-0.3, -0.25) is 0 Å². The van der Waals surface area contributed by atoms with E-state index in [1.54, 1.807) is 0 Å². The third-order valence-electron chi connectivity index (χ3n) is 1.75. The van der Waals surface area contributed by atoms with Gasteiger partial charge in [-0.2, -0.15) is 0 Å². The van der Waals surface area contributed by atoms with Crippen LogP contribution in [0.1, 0.15) is 25.7 Å². The van der Waals surface area contributed by atoms with Crippen LogP contribution >= 0.6 is 0 Å². The summed E-state index contributed by atoms with van der Waals surface area (Å²) < 4.78 is 0. The van der Waals surface area contributed by atoms with Crippen LogP contribution < -0.4 is 108 Å². The van der Waals surface area contributed by atoms with Gasteiger partial charge in [0.05, 0.1) is 8.07 Å². The van der Waals surface area contributed by atoms with Gasteiger partial charge in [-0.1, -0.05) is 44.6 Å². The van der Waals surface area contributed by atoms with E-state index < -0.39 is 8.07 Å². The van der Waals surface area contributed by atoms with Gasteiger partial charge in [0.1, 0.15) is 0 Å². The summed E-state index contributed by atoms with van der Waals surface area (Å²) in [6.07, 6.45) is 8.64. The maximum Gasteiger partial charge on any atom is 1.00 e. The zero-order chi connectivity index (χ0) is 10.2. The molecule has 1 radical (unpaired) electrons. The van der Waals surface area contributed by atoms with Crippen molar-refractivity contribution in [2.24, 2.45) is 0 Å². The molecule has 0 atom stereocenters. The summed E-state index contributed by atoms with van der Waals surface area (Å²) in [4.78, 5) is 0. The van der Waals surface area contributed by atoms with Crippen LogP contribution in [0.3, 0.4) is 0 Å². The summed E-state index contributed by atoms with van der Waals surface area (Å²) in [5.41, 5.74) is 0. The average molecular weight is 277 g/mol. The monoisotopic (exact) mass is 276 g/mol. The maximum atomic E-state index is 10.1. The van der Waals surface area contributed by atoms with Gasteiger partial charge in [-0.05, 0) is 18.9 Å². The van der Waals surface area contributed by atoms with Crippen molar-refractivity contribution < 1.29 is 108 Å². The molecular formula is C11H22K2OSi+. The predicted molar refractivity (Wildman–Crippen MR) is 60.1 cm³/mol. The Kier molecular flexibility index (Phi) is 23.7. The molecule has 0 unspecified atom stereocenters. The first-order chi connectivity index (χ1) is 6.06. The number of hydrogen-bond donors (Lipinski definition) is 0. The van der Waals surface area contributed by atoms with Crippen molar-refractivity contribution >= 4 is 8.07 Å². The van der Waals surface area contributed by atoms with Crippen LogP contribution in [0, 0.1) is 6.04 Å². The van der Waals surface area contributed by atoms with Gasteiger partial charge in [-0.15, -0.1) is 6.61 Å². The standard InChI is InChI=1S/C11H22OSi.2K/c1-13(2,3)11-9-7-5-4-6-8-10-12;;/h7,9,11H,4-6,8,10H2,1-3H3;;/q-1;2*+1/b9-7+;;. The van der Waals surface area contributed by atoms with E-state index in [0.717, 1.165) is 25.7 Å². The van der Waals surface area contributed by atoms with E-state index in [9.17, 15) is 5.11 Å². The number of hydrogen-bond acceptors (Lipinski definition) is 1. The van der Waals surface area contributed by atoms with Crippen LogP contribution in [-0.2, 0) is 0 Å². The van der Waals surface area contributed by atoms with Crippen LogP contribution in [0.25, 0.3) is 0 Å². The van der Waals surface area contributed by atoms with Crippen LogP contribution in [0.4, 0.5) is 0 Å². The van der Waals surface area contributed by atoms with Gasteiger partial charge >= 0.3 is 103 Å². The molecular weight excluding hydrogens is 254 g/mol. The fourth-order valence-electron chi connectivity index (χ4n) is 0.994. The first kappa shape index (κ1) is 23.3. The van der Waals surface area contributed by atoms with E-state index in [1.807, 2.05) is 0 Å². The van der Waals surface area contributed by atoms with Crippen LogP contribution in [-0.4, -0.2) is 14.7 Å². The van der Waals surface area contributed by atoms with Crippen molar-refractivity contribution in [2.45, 2.75) is 45.3 Å². The Morgan fingerprint density at radius 2 is 1.60 bits per heavy atom. The molecule has 0 heterocycles. The van der Waals surface area contributed by atoms with E-state index in [4.69, 9.17) is 0 Å². The molecule has 0 aliphatic rings. The Labute approximate surface area is 182 Å². The van der Waals surface area contributed by atoms with E-state index >= 15 is 0 Å². The summed E-state index contributed by atoms with van der Waals surface area (Å²) in [6, 6.07) is 2.35. The van der Waals surface area contributed by atoms with Crippen LogP contribution in [0.15, 0.2) is 12.2 Å². The second-order valence-electron chi connectivity index (χ2n) is 4.51. The molecule has 0 saturated carbocycles. The van der Waals surface area contributed by atoms with Crippen molar-refractivity contribution in [3.05, 3.63) is 18.2 Å². The molecule has 0 fully saturated rings. The molecule has 0 aromatic carbocycles. The molecule has 77 valence electrons. The van der Waals surface area contributed by atoms with Crippen molar-refractivity contribution in [3.8, 4) is 0 Å². The van der Waals surface area contributed by atoms with Gasteiger partial charge in [0.2, 0.25) is 0 Å². The molecule has 0 aromatic rings. The normalized spacial score (nSPS) is 10.9. The molecule has 0 spiro atoms. The number of rotatable bonds is 7. The van der Waals surface area contributed by atoms with Gasteiger partial charge in [0.15, 0.2) is 0 Å². The Morgan fingerprint density at radius 1 is 1.00 bits per heavy atom. The Morgan fingerprint density at radius 3 is 2.07 bits per heavy atom. The molecule has 0 aliphatic heterocycles. The molecule has 1 nitrogen and oxygen atoms in total. The van der Waals surface area contributed by atoms with E-state index in [1.165, 1.54) is 0 Å². The van der Waals surface area contributed by atoms with Crippen LogP contribution in [0.2, 0.25) is 19.6 Å². The summed E-state index contributed by atoms with van der Waals surface area (Å²) in [7, 11) is -0.994. The van der Waals surface area contributed by atoms with Crippen molar-refractivity contribution in [3.63, 3.8) is 0 Å². The number of allylic oxidation sites excluding steroid dienone is 2. The Bertz CT molecular complexity index is 144. The third kappa shape index (κ3) is 22.8. The number of unbranched alkanes of at least 4 members (excludes halogenated alkanes) is 3. The molecule has 0 N–H and O–H groups in total. The summed E-state index contributed by atoms with van der Waals surface area (Å²) in [6.45, 7) is 7.07. The zero-order valence-corrected chi connectivity index (χ0v) is 18.4. The van der Waals surface area contributed by atoms with Gasteiger partial charge in [-0.25, -0.2) is 0 Å². The molecule has 0 saturated heterocycles. The van der Waals surface area contributed by atoms with Gasteiger partial charge in [0, 0.05) is 0 Å². The summed E-state index contributed by atoms with van der Waals surface area (Å²) in [5.74, 6) is 0. The molecule has 0 aliphatic carbocycles. The van der Waals surface area contributed by atoms with Crippen LogP contribution in [0.5, 0.6) is 0 Å². The Balaban J connectivity index is -0.000000720. The first-order valence-corrected chi connectivity index (χ1v) is 8.73. The van der Waals surface area contributed by atoms with Gasteiger partial charge < -0.3 is 5.11 Å². The van der Waals surface area contributed by atoms with E-state index in [-0.39, 0.29) is 109 Å². The fraction of sp³-hybridized carbons (Fsp3) is 0.727. The SMILES string of the molecule is C[Si](C)(C)[CH]/C=C/CCCCC[O-].[K+].[K+]. The zero-order valence-electron chi connectivity index (χ0n) is 11.2. The molecule has 0 bridgehead atoms. The molecule has 4 heteroatoms. The van der Waals surface area contributed by atoms with E-state index in [2.05, 4.69) is 37.8 Å². The summed E-state index contributed by atoms with van der Waals surface area (Å²) in [5, 5.41) is 10.1. The minimum Gasteiger partial charge on any atom is -0.854 e. The molecule has 0 aromatic heterocycles. The third-order valence-corrected chi connectivity index (χ3v) is 2.94. The second-order valence-corrected chi connectivity index (χ2v) is 9.58. The quantitative estimate of drug-likeness (QED) is 0.350. The summed E-state index contributed by atoms with van der Waals surface area (Å²) >= 11 is 0. The van der Waals surface area contributed by atoms with Gasteiger partial charge in [0.25, 0.3) is 0 Å². The second kappa shape index (κ2) is 15.2. The molecule has 0 rings (SSSR count). The fourth-order valence-corrected chi connectivity index (χ4v) is 1.71. The predicted octanol–water partition coefficient (Wildman–Crippen LogP) is -3.45. The van der Waals surface area contributed by atoms with Crippen molar-refractivity contribution in [1.82, 2.24) is 0 Å². The maximum absolute atomic E-state index is 10.1. The first-order valence-electron chi connectivity index (χ1n) is 5.15. The minimum atomic E-state index is -0.994. The van der Waals surface area contributed by atoms with Crippen molar-refractivity contribution in [2.75, 3.05) is 6.61 Å². The molecule has 15 heavy (non-hydrogen) atoms. The largest absolute Gasteiger partial charge is 1.00 e. The van der Waals surface area contributed by atoms with E-state index in [0.29, 0.717) is 0 Å². The van der Waals surface area contributed by atoms with Crippen molar-refractivity contribution in [1.29, 1.82) is 0 Å². The topological polar surface area (TPSA) is 23.1 Å².